The molecule has 7 heteroatoms. The fourth-order valence-electron chi connectivity index (χ4n) is 1.37. The van der Waals surface area contributed by atoms with Crippen LogP contribution in [0.1, 0.15) is 23.5 Å². The van der Waals surface area contributed by atoms with Gasteiger partial charge in [0.1, 0.15) is 0 Å². The average molecular weight is 251 g/mol. The molecule has 3 N–H and O–H groups in total. The van der Waals surface area contributed by atoms with Crippen molar-refractivity contribution in [3.63, 3.8) is 0 Å². The SMILES string of the molecule is NCC(C(=O)O)c1cc(C(F)F)cc(F)c1F. The van der Waals surface area contributed by atoms with Crippen molar-refractivity contribution >= 4 is 5.97 Å². The molecule has 0 aliphatic rings. The van der Waals surface area contributed by atoms with Gasteiger partial charge in [0.05, 0.1) is 5.92 Å². The topological polar surface area (TPSA) is 63.3 Å². The van der Waals surface area contributed by atoms with Crippen molar-refractivity contribution in [1.29, 1.82) is 0 Å². The highest BCUT2D eigenvalue weighted by atomic mass is 19.3. The Hall–Kier alpha value is -1.63. The molecule has 1 aromatic rings. The molecule has 0 saturated heterocycles. The van der Waals surface area contributed by atoms with Gasteiger partial charge in [-0.25, -0.2) is 17.6 Å². The van der Waals surface area contributed by atoms with Crippen molar-refractivity contribution in [2.45, 2.75) is 12.3 Å². The number of nitrogens with two attached hydrogens (primary N) is 1. The summed E-state index contributed by atoms with van der Waals surface area (Å²) >= 11 is 0. The largest absolute Gasteiger partial charge is 0.481 e. The van der Waals surface area contributed by atoms with E-state index in [9.17, 15) is 22.4 Å². The second-order valence-corrected chi connectivity index (χ2v) is 3.33. The lowest BCUT2D eigenvalue weighted by atomic mass is 9.96. The first-order valence-corrected chi connectivity index (χ1v) is 4.58. The Morgan fingerprint density at radius 1 is 1.35 bits per heavy atom. The van der Waals surface area contributed by atoms with Crippen LogP contribution in [-0.2, 0) is 4.79 Å². The van der Waals surface area contributed by atoms with E-state index in [4.69, 9.17) is 10.8 Å². The summed E-state index contributed by atoms with van der Waals surface area (Å²) in [4.78, 5) is 10.7. The lowest BCUT2D eigenvalue weighted by Gasteiger charge is -2.13. The van der Waals surface area contributed by atoms with E-state index in [1.807, 2.05) is 0 Å². The van der Waals surface area contributed by atoms with Crippen molar-refractivity contribution in [1.82, 2.24) is 0 Å². The molecule has 0 radical (unpaired) electrons. The maximum Gasteiger partial charge on any atom is 0.312 e. The summed E-state index contributed by atoms with van der Waals surface area (Å²) in [5.41, 5.74) is 3.64. The molecular formula is C10H9F4NO2. The molecule has 94 valence electrons. The molecule has 0 spiro atoms. The van der Waals surface area contributed by atoms with E-state index >= 15 is 0 Å². The Bertz CT molecular complexity index is 437. The van der Waals surface area contributed by atoms with Gasteiger partial charge in [-0.15, -0.1) is 0 Å². The van der Waals surface area contributed by atoms with Gasteiger partial charge in [0, 0.05) is 17.7 Å². The van der Waals surface area contributed by atoms with Crippen LogP contribution in [0.25, 0.3) is 0 Å². The first kappa shape index (κ1) is 13.4. The first-order valence-electron chi connectivity index (χ1n) is 4.58. The zero-order valence-electron chi connectivity index (χ0n) is 8.46. The molecule has 0 aromatic heterocycles. The minimum absolute atomic E-state index is 0.332. The monoisotopic (exact) mass is 251 g/mol. The van der Waals surface area contributed by atoms with Gasteiger partial charge < -0.3 is 10.8 Å². The third kappa shape index (κ3) is 2.73. The van der Waals surface area contributed by atoms with Gasteiger partial charge in [0.15, 0.2) is 11.6 Å². The van der Waals surface area contributed by atoms with Crippen molar-refractivity contribution in [3.05, 3.63) is 34.9 Å². The Morgan fingerprint density at radius 2 is 1.94 bits per heavy atom. The van der Waals surface area contributed by atoms with E-state index in [1.54, 1.807) is 0 Å². The molecule has 0 aliphatic carbocycles. The highest BCUT2D eigenvalue weighted by Gasteiger charge is 2.25. The number of halogens is 4. The summed E-state index contributed by atoms with van der Waals surface area (Å²) in [5.74, 6) is -6.04. The summed E-state index contributed by atoms with van der Waals surface area (Å²) in [7, 11) is 0. The van der Waals surface area contributed by atoms with Gasteiger partial charge >= 0.3 is 5.97 Å². The Morgan fingerprint density at radius 3 is 2.35 bits per heavy atom. The van der Waals surface area contributed by atoms with Crippen LogP contribution in [-0.4, -0.2) is 17.6 Å². The quantitative estimate of drug-likeness (QED) is 0.805. The molecule has 0 saturated carbocycles. The number of carboxylic acid groups (broad SMARTS) is 1. The van der Waals surface area contributed by atoms with E-state index in [0.717, 1.165) is 0 Å². The van der Waals surface area contributed by atoms with Gasteiger partial charge in [-0.05, 0) is 12.1 Å². The summed E-state index contributed by atoms with van der Waals surface area (Å²) in [5, 5.41) is 8.71. The lowest BCUT2D eigenvalue weighted by molar-refractivity contribution is -0.138. The number of alkyl halides is 2. The fourth-order valence-corrected chi connectivity index (χ4v) is 1.37. The van der Waals surface area contributed by atoms with Gasteiger partial charge in [0.25, 0.3) is 6.43 Å². The molecule has 0 aliphatic heterocycles. The maximum atomic E-state index is 13.3. The zero-order chi connectivity index (χ0) is 13.2. The predicted octanol–water partition coefficient (Wildman–Crippen LogP) is 2.03. The van der Waals surface area contributed by atoms with E-state index < -0.39 is 47.6 Å². The normalized spacial score (nSPS) is 12.8. The summed E-state index contributed by atoms with van der Waals surface area (Å²) in [6, 6.07) is 0.952. The standard InChI is InChI=1S/C10H9F4NO2/c11-7-2-4(9(13)14)1-5(8(7)12)6(3-15)10(16)17/h1-2,6,9H,3,15H2,(H,16,17). The van der Waals surface area contributed by atoms with Crippen LogP contribution in [0.3, 0.4) is 0 Å². The molecule has 1 atom stereocenters. The Kier molecular flexibility index (Phi) is 4.06. The molecule has 0 heterocycles. The van der Waals surface area contributed by atoms with Crippen molar-refractivity contribution in [2.75, 3.05) is 6.54 Å². The van der Waals surface area contributed by atoms with Crippen molar-refractivity contribution < 1.29 is 27.5 Å². The Labute approximate surface area is 93.8 Å². The number of benzene rings is 1. The van der Waals surface area contributed by atoms with Gasteiger partial charge in [-0.2, -0.15) is 0 Å². The van der Waals surface area contributed by atoms with Crippen molar-refractivity contribution in [3.8, 4) is 0 Å². The lowest BCUT2D eigenvalue weighted by Crippen LogP contribution is -2.23. The van der Waals surface area contributed by atoms with Crippen LogP contribution in [0.2, 0.25) is 0 Å². The first-order chi connectivity index (χ1) is 7.88. The maximum absolute atomic E-state index is 13.3. The summed E-state index contributed by atoms with van der Waals surface area (Å²) in [6.07, 6.45) is -3.02. The third-order valence-electron chi connectivity index (χ3n) is 2.24. The smallest absolute Gasteiger partial charge is 0.312 e. The van der Waals surface area contributed by atoms with Crippen molar-refractivity contribution in [2.24, 2.45) is 5.73 Å². The van der Waals surface area contributed by atoms with Crippen LogP contribution < -0.4 is 5.73 Å². The number of carbonyl (C=O) groups is 1. The molecule has 17 heavy (non-hydrogen) atoms. The number of hydrogen-bond donors (Lipinski definition) is 2. The molecule has 3 nitrogen and oxygen atoms in total. The van der Waals surface area contributed by atoms with E-state index in [1.165, 1.54) is 0 Å². The van der Waals surface area contributed by atoms with Crippen LogP contribution in [0, 0.1) is 11.6 Å². The number of hydrogen-bond acceptors (Lipinski definition) is 2. The van der Waals surface area contributed by atoms with Crippen LogP contribution in [0.4, 0.5) is 17.6 Å². The van der Waals surface area contributed by atoms with E-state index in [-0.39, 0.29) is 0 Å². The molecule has 0 bridgehead atoms. The minimum atomic E-state index is -3.02. The zero-order valence-corrected chi connectivity index (χ0v) is 8.46. The van der Waals surface area contributed by atoms with Gasteiger partial charge in [-0.3, -0.25) is 4.79 Å². The second kappa shape index (κ2) is 5.13. The average Bonchev–Trinajstić information content (AvgIpc) is 2.24. The number of carboxylic acids is 1. The summed E-state index contributed by atoms with van der Waals surface area (Å²) < 4.78 is 51.0. The molecular weight excluding hydrogens is 242 g/mol. The Balaban J connectivity index is 3.35. The number of rotatable bonds is 4. The molecule has 1 aromatic carbocycles. The molecule has 0 amide bonds. The molecule has 1 unspecified atom stereocenters. The van der Waals surface area contributed by atoms with Crippen LogP contribution in [0.5, 0.6) is 0 Å². The molecule has 1 rings (SSSR count). The minimum Gasteiger partial charge on any atom is -0.481 e. The summed E-state index contributed by atoms with van der Waals surface area (Å²) in [6.45, 7) is -0.515. The van der Waals surface area contributed by atoms with Crippen LogP contribution in [0.15, 0.2) is 12.1 Å². The highest BCUT2D eigenvalue weighted by Crippen LogP contribution is 2.27. The number of aliphatic carboxylic acids is 1. The van der Waals surface area contributed by atoms with Gasteiger partial charge in [-0.1, -0.05) is 0 Å². The third-order valence-corrected chi connectivity index (χ3v) is 2.24. The van der Waals surface area contributed by atoms with E-state index in [2.05, 4.69) is 0 Å². The fraction of sp³-hybridized carbons (Fsp3) is 0.300. The van der Waals surface area contributed by atoms with Gasteiger partial charge in [0.2, 0.25) is 0 Å². The predicted molar refractivity (Wildman–Crippen MR) is 50.7 cm³/mol. The second-order valence-electron chi connectivity index (χ2n) is 3.33. The highest BCUT2D eigenvalue weighted by molar-refractivity contribution is 5.76. The molecule has 0 fully saturated rings. The van der Waals surface area contributed by atoms with Crippen LogP contribution >= 0.6 is 0 Å². The van der Waals surface area contributed by atoms with E-state index in [0.29, 0.717) is 12.1 Å².